The molecule has 0 aliphatic heterocycles. The highest BCUT2D eigenvalue weighted by molar-refractivity contribution is 7.00. The largest absolute Gasteiger partial charge is 0.494 e. The van der Waals surface area contributed by atoms with Crippen LogP contribution >= 0.6 is 11.7 Å². The van der Waals surface area contributed by atoms with E-state index in [1.165, 1.54) is 6.08 Å². The van der Waals surface area contributed by atoms with E-state index in [0.717, 1.165) is 23.0 Å². The van der Waals surface area contributed by atoms with Gasteiger partial charge in [0.2, 0.25) is 0 Å². The standard InChI is InChI=1S/C19H17N3O4S/c1-2-25-14-9-6-13(7-10-14)8-11-18(24)26-12-17(23)20-15-4-3-5-16-19(15)22-27-21-16/h3-11H,2,12H2,1H3,(H,20,23)/b11-8+. The summed E-state index contributed by atoms with van der Waals surface area (Å²) in [5.74, 6) is -0.287. The van der Waals surface area contributed by atoms with Gasteiger partial charge in [0.1, 0.15) is 16.8 Å². The van der Waals surface area contributed by atoms with E-state index in [0.29, 0.717) is 23.3 Å². The number of carbonyl (C=O) groups is 2. The third kappa shape index (κ3) is 5.11. The zero-order valence-corrected chi connectivity index (χ0v) is 15.4. The summed E-state index contributed by atoms with van der Waals surface area (Å²) in [6.45, 7) is 2.12. The summed E-state index contributed by atoms with van der Waals surface area (Å²) < 4.78 is 18.6. The van der Waals surface area contributed by atoms with Crippen molar-refractivity contribution in [2.24, 2.45) is 0 Å². The first-order chi connectivity index (χ1) is 13.2. The summed E-state index contributed by atoms with van der Waals surface area (Å²) in [5.41, 5.74) is 2.67. The van der Waals surface area contributed by atoms with Crippen LogP contribution in [0.15, 0.2) is 48.5 Å². The van der Waals surface area contributed by atoms with E-state index >= 15 is 0 Å². The lowest BCUT2D eigenvalue weighted by atomic mass is 10.2. The number of hydrogen-bond acceptors (Lipinski definition) is 7. The molecule has 0 aliphatic carbocycles. The lowest BCUT2D eigenvalue weighted by Gasteiger charge is -2.05. The molecule has 138 valence electrons. The lowest BCUT2D eigenvalue weighted by Crippen LogP contribution is -2.20. The molecule has 8 heteroatoms. The van der Waals surface area contributed by atoms with Crippen molar-refractivity contribution in [1.29, 1.82) is 0 Å². The quantitative estimate of drug-likeness (QED) is 0.497. The first-order valence-corrected chi connectivity index (χ1v) is 8.97. The molecular formula is C19H17N3O4S. The minimum Gasteiger partial charge on any atom is -0.494 e. The Hall–Kier alpha value is -3.26. The second-order valence-electron chi connectivity index (χ2n) is 5.43. The minimum atomic E-state index is -0.604. The Kier molecular flexibility index (Phi) is 6.11. The zero-order chi connectivity index (χ0) is 19.1. The highest BCUT2D eigenvalue weighted by Gasteiger charge is 2.10. The van der Waals surface area contributed by atoms with Crippen LogP contribution in [-0.2, 0) is 14.3 Å². The molecule has 1 amide bonds. The number of nitrogens with zero attached hydrogens (tertiary/aromatic N) is 2. The minimum absolute atomic E-state index is 0.388. The number of amides is 1. The molecule has 0 aliphatic rings. The van der Waals surface area contributed by atoms with Gasteiger partial charge in [-0.1, -0.05) is 18.2 Å². The van der Waals surface area contributed by atoms with Gasteiger partial charge >= 0.3 is 5.97 Å². The summed E-state index contributed by atoms with van der Waals surface area (Å²) in [5, 5.41) is 2.67. The van der Waals surface area contributed by atoms with Crippen LogP contribution in [0, 0.1) is 0 Å². The molecule has 0 spiro atoms. The highest BCUT2D eigenvalue weighted by Crippen LogP contribution is 2.20. The molecule has 0 saturated carbocycles. The molecule has 0 unspecified atom stereocenters. The van der Waals surface area contributed by atoms with E-state index in [1.54, 1.807) is 24.3 Å². The normalized spacial score (nSPS) is 10.9. The van der Waals surface area contributed by atoms with Gasteiger partial charge in [0.15, 0.2) is 6.61 Å². The van der Waals surface area contributed by atoms with Crippen molar-refractivity contribution < 1.29 is 19.1 Å². The van der Waals surface area contributed by atoms with Crippen LogP contribution in [0.2, 0.25) is 0 Å². The second-order valence-corrected chi connectivity index (χ2v) is 5.96. The number of carbonyl (C=O) groups excluding carboxylic acids is 2. The summed E-state index contributed by atoms with van der Waals surface area (Å²) in [7, 11) is 0. The number of ether oxygens (including phenoxy) is 2. The fourth-order valence-electron chi connectivity index (χ4n) is 2.28. The molecule has 2 aromatic carbocycles. The van der Waals surface area contributed by atoms with Gasteiger partial charge in [0.25, 0.3) is 5.91 Å². The maximum Gasteiger partial charge on any atom is 0.331 e. The Labute approximate surface area is 159 Å². The second kappa shape index (κ2) is 8.91. The number of fused-ring (bicyclic) bond motifs is 1. The Morgan fingerprint density at radius 2 is 1.96 bits per heavy atom. The van der Waals surface area contributed by atoms with Crippen LogP contribution in [0.25, 0.3) is 17.1 Å². The molecular weight excluding hydrogens is 366 g/mol. The molecule has 0 saturated heterocycles. The number of rotatable bonds is 7. The van der Waals surface area contributed by atoms with Crippen molar-refractivity contribution in [1.82, 2.24) is 8.75 Å². The van der Waals surface area contributed by atoms with Crippen molar-refractivity contribution in [3.8, 4) is 5.75 Å². The molecule has 0 atom stereocenters. The van der Waals surface area contributed by atoms with E-state index in [1.807, 2.05) is 31.2 Å². The van der Waals surface area contributed by atoms with Crippen LogP contribution in [0.1, 0.15) is 12.5 Å². The SMILES string of the molecule is CCOc1ccc(/C=C/C(=O)OCC(=O)Nc2cccc3nsnc23)cc1. The maximum absolute atomic E-state index is 12.0. The Morgan fingerprint density at radius 1 is 1.15 bits per heavy atom. The predicted molar refractivity (Wildman–Crippen MR) is 104 cm³/mol. The van der Waals surface area contributed by atoms with Gasteiger partial charge < -0.3 is 14.8 Å². The Morgan fingerprint density at radius 3 is 2.74 bits per heavy atom. The molecule has 1 aromatic heterocycles. The molecule has 1 heterocycles. The number of anilines is 1. The average Bonchev–Trinajstić information content (AvgIpc) is 3.16. The van der Waals surface area contributed by atoms with Crippen LogP contribution in [0.4, 0.5) is 5.69 Å². The molecule has 27 heavy (non-hydrogen) atoms. The van der Waals surface area contributed by atoms with Gasteiger partial charge in [-0.25, -0.2) is 4.79 Å². The van der Waals surface area contributed by atoms with Gasteiger partial charge in [-0.2, -0.15) is 8.75 Å². The number of esters is 1. The van der Waals surface area contributed by atoms with Crippen LogP contribution in [0.3, 0.4) is 0 Å². The van der Waals surface area contributed by atoms with E-state index < -0.39 is 11.9 Å². The van der Waals surface area contributed by atoms with Crippen LogP contribution in [0.5, 0.6) is 5.75 Å². The van der Waals surface area contributed by atoms with Gasteiger partial charge in [-0.05, 0) is 42.8 Å². The average molecular weight is 383 g/mol. The topological polar surface area (TPSA) is 90.4 Å². The van der Waals surface area contributed by atoms with Gasteiger partial charge in [-0.15, -0.1) is 0 Å². The van der Waals surface area contributed by atoms with Crippen molar-refractivity contribution in [2.45, 2.75) is 6.92 Å². The van der Waals surface area contributed by atoms with Crippen molar-refractivity contribution >= 4 is 46.4 Å². The fourth-order valence-corrected chi connectivity index (χ4v) is 2.83. The van der Waals surface area contributed by atoms with Crippen LogP contribution < -0.4 is 10.1 Å². The van der Waals surface area contributed by atoms with E-state index in [4.69, 9.17) is 9.47 Å². The Bertz CT molecular complexity index is 967. The number of benzene rings is 2. The zero-order valence-electron chi connectivity index (χ0n) is 14.5. The maximum atomic E-state index is 12.0. The van der Waals surface area contributed by atoms with E-state index in [2.05, 4.69) is 14.1 Å². The molecule has 3 rings (SSSR count). The first kappa shape index (κ1) is 18.5. The molecule has 3 aromatic rings. The third-order valence-corrected chi connectivity index (χ3v) is 4.05. The number of hydrogen-bond donors (Lipinski definition) is 1. The third-order valence-electron chi connectivity index (χ3n) is 3.51. The summed E-state index contributed by atoms with van der Waals surface area (Å²) >= 11 is 1.07. The van der Waals surface area contributed by atoms with Crippen molar-refractivity contribution in [3.63, 3.8) is 0 Å². The summed E-state index contributed by atoms with van der Waals surface area (Å²) in [6.07, 6.45) is 2.88. The molecule has 0 fully saturated rings. The van der Waals surface area contributed by atoms with E-state index in [-0.39, 0.29) is 6.61 Å². The fraction of sp³-hybridized carbons (Fsp3) is 0.158. The smallest absolute Gasteiger partial charge is 0.331 e. The van der Waals surface area contributed by atoms with Crippen molar-refractivity contribution in [3.05, 3.63) is 54.1 Å². The van der Waals surface area contributed by atoms with Crippen LogP contribution in [-0.4, -0.2) is 33.8 Å². The van der Waals surface area contributed by atoms with E-state index in [9.17, 15) is 9.59 Å². The molecule has 0 bridgehead atoms. The Balaban J connectivity index is 1.49. The molecule has 0 radical (unpaired) electrons. The predicted octanol–water partition coefficient (Wildman–Crippen LogP) is 3.29. The molecule has 7 nitrogen and oxygen atoms in total. The number of nitrogens with one attached hydrogen (secondary N) is 1. The monoisotopic (exact) mass is 383 g/mol. The van der Waals surface area contributed by atoms with Gasteiger partial charge in [0.05, 0.1) is 24.0 Å². The van der Waals surface area contributed by atoms with Crippen molar-refractivity contribution in [2.75, 3.05) is 18.5 Å². The highest BCUT2D eigenvalue weighted by atomic mass is 32.1. The lowest BCUT2D eigenvalue weighted by molar-refractivity contribution is -0.142. The summed E-state index contributed by atoms with van der Waals surface area (Å²) in [6, 6.07) is 12.6. The molecule has 1 N–H and O–H groups in total. The summed E-state index contributed by atoms with van der Waals surface area (Å²) in [4.78, 5) is 23.8. The van der Waals surface area contributed by atoms with Gasteiger partial charge in [-0.3, -0.25) is 4.79 Å². The number of aromatic nitrogens is 2. The first-order valence-electron chi connectivity index (χ1n) is 8.24. The van der Waals surface area contributed by atoms with Gasteiger partial charge in [0, 0.05) is 6.08 Å².